The summed E-state index contributed by atoms with van der Waals surface area (Å²) >= 11 is 0. The minimum Gasteiger partial charge on any atom is -0.459 e. The van der Waals surface area contributed by atoms with Gasteiger partial charge in [-0.1, -0.05) is 17.9 Å². The zero-order chi connectivity index (χ0) is 27.7. The van der Waals surface area contributed by atoms with E-state index < -0.39 is 22.2 Å². The topological polar surface area (TPSA) is 165 Å². The molecule has 0 unspecified atom stereocenters. The highest BCUT2D eigenvalue weighted by atomic mass is 32.2. The van der Waals surface area contributed by atoms with Gasteiger partial charge >= 0.3 is 0 Å². The normalized spacial score (nSPS) is 12.1. The average Bonchev–Trinajstić information content (AvgIpc) is 3.31. The number of aliphatic hydroxyl groups excluding tert-OH is 1. The molecule has 10 nitrogen and oxygen atoms in total. The first-order valence-corrected chi connectivity index (χ1v) is 13.8. The Bertz CT molecular complexity index is 1540. The molecular formula is C27H28N4O6S. The van der Waals surface area contributed by atoms with Crippen molar-refractivity contribution in [1.29, 1.82) is 0 Å². The van der Waals surface area contributed by atoms with Crippen LogP contribution in [0.5, 0.6) is 0 Å². The Morgan fingerprint density at radius 1 is 1.18 bits per heavy atom. The van der Waals surface area contributed by atoms with Crippen LogP contribution < -0.4 is 11.1 Å². The molecule has 0 aliphatic heterocycles. The molecule has 0 aliphatic carbocycles. The van der Waals surface area contributed by atoms with Crippen LogP contribution in [0.2, 0.25) is 0 Å². The van der Waals surface area contributed by atoms with Gasteiger partial charge in [0.1, 0.15) is 12.4 Å². The molecule has 3 rings (SSSR count). The molecule has 1 atom stereocenters. The Morgan fingerprint density at radius 2 is 1.97 bits per heavy atom. The van der Waals surface area contributed by atoms with Crippen LogP contribution in [-0.4, -0.2) is 50.5 Å². The summed E-state index contributed by atoms with van der Waals surface area (Å²) in [5.74, 6) is 4.90. The summed E-state index contributed by atoms with van der Waals surface area (Å²) in [6.07, 6.45) is 5.13. The minimum absolute atomic E-state index is 0.0864. The number of nitrogens with two attached hydrogens (primary N) is 1. The molecule has 2 heterocycles. The predicted molar refractivity (Wildman–Crippen MR) is 144 cm³/mol. The van der Waals surface area contributed by atoms with Gasteiger partial charge in [0.15, 0.2) is 11.5 Å². The highest BCUT2D eigenvalue weighted by Gasteiger charge is 2.14. The van der Waals surface area contributed by atoms with Crippen molar-refractivity contribution in [2.24, 2.45) is 4.36 Å². The quantitative estimate of drug-likeness (QED) is 0.277. The second-order valence-electron chi connectivity index (χ2n) is 8.59. The Hall–Kier alpha value is -4.27. The lowest BCUT2D eigenvalue weighted by Crippen LogP contribution is -2.12. The third-order valence-electron chi connectivity index (χ3n) is 5.38. The molecule has 0 saturated carbocycles. The fourth-order valence-electron chi connectivity index (χ4n) is 3.34. The van der Waals surface area contributed by atoms with E-state index in [1.54, 1.807) is 37.3 Å². The van der Waals surface area contributed by atoms with Gasteiger partial charge in [0, 0.05) is 41.4 Å². The molecular weight excluding hydrogens is 508 g/mol. The van der Waals surface area contributed by atoms with Gasteiger partial charge in [-0.3, -0.25) is 14.4 Å². The zero-order valence-electron chi connectivity index (χ0n) is 21.0. The van der Waals surface area contributed by atoms with Gasteiger partial charge in [0.25, 0.3) is 11.8 Å². The molecule has 0 aliphatic rings. The number of anilines is 2. The van der Waals surface area contributed by atoms with Crippen LogP contribution in [0.15, 0.2) is 57.6 Å². The molecule has 198 valence electrons. The number of rotatable bonds is 9. The number of aliphatic hydroxyl groups is 1. The van der Waals surface area contributed by atoms with Crippen molar-refractivity contribution in [3.63, 3.8) is 0 Å². The van der Waals surface area contributed by atoms with Gasteiger partial charge in [-0.25, -0.2) is 9.19 Å². The van der Waals surface area contributed by atoms with Crippen molar-refractivity contribution in [3.05, 3.63) is 76.9 Å². The lowest BCUT2D eigenvalue weighted by atomic mass is 10.1. The summed E-state index contributed by atoms with van der Waals surface area (Å²) in [7, 11) is -2.83. The summed E-state index contributed by atoms with van der Waals surface area (Å²) in [6, 6.07) is 10.00. The van der Waals surface area contributed by atoms with Crippen LogP contribution in [-0.2, 0) is 14.5 Å². The first kappa shape index (κ1) is 28.3. The van der Waals surface area contributed by atoms with Crippen molar-refractivity contribution in [2.75, 3.05) is 29.7 Å². The van der Waals surface area contributed by atoms with Crippen molar-refractivity contribution in [2.45, 2.75) is 26.2 Å². The third kappa shape index (κ3) is 8.12. The fourth-order valence-corrected chi connectivity index (χ4v) is 4.63. The molecule has 0 fully saturated rings. The van der Waals surface area contributed by atoms with Crippen molar-refractivity contribution >= 4 is 38.8 Å². The van der Waals surface area contributed by atoms with E-state index in [0.29, 0.717) is 24.1 Å². The number of Topliss-reactive ketones (excluding diaryl/α,β-unsaturated/α-hetero) is 1. The highest BCUT2D eigenvalue weighted by molar-refractivity contribution is 7.93. The maximum atomic E-state index is 12.7. The molecule has 38 heavy (non-hydrogen) atoms. The summed E-state index contributed by atoms with van der Waals surface area (Å²) in [6.45, 7) is 1.25. The number of carbonyl (C=O) groups is 3. The standard InChI is InChI=1S/C27H28N4O6S/c1-18-11-12-37-24(18)27(35)30-22-7-5-6-19(14-22)9-10-20-15-21(16-29-25(20)28)26(34)31-38(2,36)13-4-3-8-23(33)17-32/h5-7,11-12,14-16,32H,3-4,8,13,17H2,1-2H3,(H2,28,29)(H,30,35)/t38-/m0/s1. The summed E-state index contributed by atoms with van der Waals surface area (Å²) in [5, 5.41) is 11.5. The fraction of sp³-hybridized carbons (Fsp3) is 0.259. The Balaban J connectivity index is 1.72. The molecule has 0 bridgehead atoms. The second-order valence-corrected chi connectivity index (χ2v) is 11.1. The lowest BCUT2D eigenvalue weighted by molar-refractivity contribution is -0.121. The molecule has 11 heteroatoms. The lowest BCUT2D eigenvalue weighted by Gasteiger charge is -2.05. The Morgan fingerprint density at radius 3 is 2.68 bits per heavy atom. The van der Waals surface area contributed by atoms with E-state index in [9.17, 15) is 18.6 Å². The monoisotopic (exact) mass is 536 g/mol. The number of nitrogens with one attached hydrogen (secondary N) is 1. The SMILES string of the molecule is Cc1ccoc1C(=O)Nc1cccc(C#Cc2cc(C(=O)N=[S@@](C)(=O)CCCCC(=O)CO)cnc2N)c1. The molecule has 2 amide bonds. The van der Waals surface area contributed by atoms with Crippen LogP contribution in [0.4, 0.5) is 11.5 Å². The van der Waals surface area contributed by atoms with Gasteiger partial charge in [0.05, 0.1) is 27.1 Å². The number of aryl methyl sites for hydroxylation is 1. The van der Waals surface area contributed by atoms with E-state index in [2.05, 4.69) is 26.5 Å². The summed E-state index contributed by atoms with van der Waals surface area (Å²) in [5.41, 5.74) is 8.13. The van der Waals surface area contributed by atoms with E-state index in [-0.39, 0.29) is 46.6 Å². The number of unbranched alkanes of at least 4 members (excludes halogenated alkanes) is 1. The van der Waals surface area contributed by atoms with Crippen LogP contribution in [0.1, 0.15) is 56.9 Å². The zero-order valence-corrected chi connectivity index (χ0v) is 21.8. The number of nitrogen functional groups attached to an aromatic ring is 1. The van der Waals surface area contributed by atoms with E-state index in [4.69, 9.17) is 15.3 Å². The number of amides is 2. The first-order chi connectivity index (χ1) is 18.1. The van der Waals surface area contributed by atoms with Gasteiger partial charge in [-0.05, 0) is 50.1 Å². The van der Waals surface area contributed by atoms with E-state index >= 15 is 0 Å². The summed E-state index contributed by atoms with van der Waals surface area (Å²) in [4.78, 5) is 40.2. The molecule has 0 saturated heterocycles. The average molecular weight is 537 g/mol. The number of nitrogens with zero attached hydrogens (tertiary/aromatic N) is 2. The third-order valence-corrected chi connectivity index (χ3v) is 6.97. The van der Waals surface area contributed by atoms with Crippen molar-refractivity contribution in [3.8, 4) is 11.8 Å². The van der Waals surface area contributed by atoms with E-state index in [1.807, 2.05) is 0 Å². The molecule has 2 aromatic heterocycles. The number of ketones is 1. The van der Waals surface area contributed by atoms with Gasteiger partial charge < -0.3 is 20.6 Å². The number of benzene rings is 1. The maximum Gasteiger partial charge on any atom is 0.291 e. The van der Waals surface area contributed by atoms with Crippen LogP contribution in [0.25, 0.3) is 0 Å². The number of hydrogen-bond donors (Lipinski definition) is 3. The highest BCUT2D eigenvalue weighted by Crippen LogP contribution is 2.16. The Labute approximate surface area is 220 Å². The van der Waals surface area contributed by atoms with Crippen LogP contribution >= 0.6 is 0 Å². The molecule has 0 radical (unpaired) electrons. The number of aromatic nitrogens is 1. The van der Waals surface area contributed by atoms with Gasteiger partial charge in [-0.2, -0.15) is 4.36 Å². The smallest absolute Gasteiger partial charge is 0.291 e. The Kier molecular flexibility index (Phi) is 9.54. The second kappa shape index (κ2) is 12.8. The van der Waals surface area contributed by atoms with Gasteiger partial charge in [0.2, 0.25) is 0 Å². The number of hydrogen-bond acceptors (Lipinski definition) is 8. The van der Waals surface area contributed by atoms with E-state index in [1.165, 1.54) is 24.8 Å². The van der Waals surface area contributed by atoms with E-state index in [0.717, 1.165) is 5.56 Å². The first-order valence-electron chi connectivity index (χ1n) is 11.7. The van der Waals surface area contributed by atoms with Crippen LogP contribution in [0, 0.1) is 18.8 Å². The van der Waals surface area contributed by atoms with Crippen molar-refractivity contribution < 1.29 is 28.1 Å². The number of pyridine rings is 1. The molecule has 0 spiro atoms. The van der Waals surface area contributed by atoms with Crippen molar-refractivity contribution in [1.82, 2.24) is 4.98 Å². The summed E-state index contributed by atoms with van der Waals surface area (Å²) < 4.78 is 21.8. The molecule has 3 aromatic rings. The number of carbonyl (C=O) groups excluding carboxylic acids is 3. The van der Waals surface area contributed by atoms with Crippen LogP contribution in [0.3, 0.4) is 0 Å². The molecule has 4 N–H and O–H groups in total. The molecule has 1 aromatic carbocycles. The minimum atomic E-state index is -2.83. The largest absolute Gasteiger partial charge is 0.459 e. The number of furan rings is 1. The predicted octanol–water partition coefficient (Wildman–Crippen LogP) is 3.19. The maximum absolute atomic E-state index is 12.7. The van der Waals surface area contributed by atoms with Gasteiger partial charge in [-0.15, -0.1) is 0 Å².